The van der Waals surface area contributed by atoms with Crippen molar-refractivity contribution < 1.29 is 17.8 Å². The predicted molar refractivity (Wildman–Crippen MR) is 30.2 cm³/mol. The van der Waals surface area contributed by atoms with Crippen LogP contribution in [-0.2, 0) is 14.9 Å². The van der Waals surface area contributed by atoms with E-state index in [2.05, 4.69) is 0 Å². The van der Waals surface area contributed by atoms with Crippen LogP contribution >= 0.6 is 0 Å². The monoisotopic (exact) mass is 153 g/mol. The van der Waals surface area contributed by atoms with Crippen molar-refractivity contribution >= 4 is 15.2 Å². The van der Waals surface area contributed by atoms with E-state index < -0.39 is 21.3 Å². The number of hydrogen-bond donors (Lipinski definition) is 2. The highest BCUT2D eigenvalue weighted by Gasteiger charge is 2.21. The molecule has 5 nitrogen and oxygen atoms in total. The van der Waals surface area contributed by atoms with Crippen molar-refractivity contribution in [3.63, 3.8) is 0 Å². The zero-order chi connectivity index (χ0) is 7.65. The van der Waals surface area contributed by atoms with Crippen LogP contribution in [0.15, 0.2) is 0 Å². The average molecular weight is 153 g/mol. The maximum Gasteiger partial charge on any atom is 0.330 e. The lowest BCUT2D eigenvalue weighted by Crippen LogP contribution is -2.32. The van der Waals surface area contributed by atoms with E-state index in [0.717, 1.165) is 0 Å². The summed E-state index contributed by atoms with van der Waals surface area (Å²) in [4.78, 5) is 10.2. The van der Waals surface area contributed by atoms with Crippen LogP contribution in [0.25, 0.3) is 0 Å². The Hall–Kier alpha value is -0.460. The van der Waals surface area contributed by atoms with Crippen LogP contribution in [-0.4, -0.2) is 24.1 Å². The summed E-state index contributed by atoms with van der Waals surface area (Å²) in [5.41, 5.74) is 4.83. The first-order chi connectivity index (χ1) is 3.85. The third-order valence-corrected chi connectivity index (χ3v) is 1.51. The Balaban J connectivity index is 4.45. The molecule has 0 aliphatic carbocycles. The molecule has 0 aromatic heterocycles. The summed E-state index contributed by atoms with van der Waals surface area (Å²) < 4.78 is 27.8. The zero-order valence-corrected chi connectivity index (χ0v) is 5.55. The van der Waals surface area contributed by atoms with Gasteiger partial charge in [-0.15, -0.1) is 0 Å². The summed E-state index contributed by atoms with van der Waals surface area (Å²) in [5, 5.41) is -1.36. The molecule has 0 unspecified atom stereocenters. The van der Waals surface area contributed by atoms with E-state index in [1.54, 1.807) is 0 Å². The highest BCUT2D eigenvalue weighted by molar-refractivity contribution is 8.01. The number of hydrogen-bond acceptors (Lipinski definition) is 4. The Bertz CT molecular complexity index is 204. The molecule has 0 saturated heterocycles. The van der Waals surface area contributed by atoms with Crippen LogP contribution in [0, 0.1) is 0 Å². The summed E-state index contributed by atoms with van der Waals surface area (Å²) in [6.07, 6.45) is 0. The Morgan fingerprint density at radius 1 is 1.67 bits per heavy atom. The highest BCUT2D eigenvalue weighted by Crippen LogP contribution is 1.88. The minimum Gasteiger partial charge on any atom is -0.321 e. The van der Waals surface area contributed by atoms with Crippen molar-refractivity contribution in [3.05, 3.63) is 0 Å². The van der Waals surface area contributed by atoms with E-state index in [9.17, 15) is 13.2 Å². The second kappa shape index (κ2) is 2.42. The SMILES string of the molecule is C[C@H](N)C(=O)S(=O)(=O)O. The maximum absolute atomic E-state index is 10.2. The molecule has 0 bridgehead atoms. The van der Waals surface area contributed by atoms with E-state index in [-0.39, 0.29) is 0 Å². The molecule has 9 heavy (non-hydrogen) atoms. The molecule has 54 valence electrons. The summed E-state index contributed by atoms with van der Waals surface area (Å²) in [5.74, 6) is 0. The quantitative estimate of drug-likeness (QED) is 0.458. The first-order valence-electron chi connectivity index (χ1n) is 2.12. The fraction of sp³-hybridized carbons (Fsp3) is 0.667. The lowest BCUT2D eigenvalue weighted by Gasteiger charge is -1.97. The second-order valence-corrected chi connectivity index (χ2v) is 2.94. The molecule has 1 atom stereocenters. The van der Waals surface area contributed by atoms with Crippen molar-refractivity contribution in [1.82, 2.24) is 0 Å². The van der Waals surface area contributed by atoms with E-state index in [1.165, 1.54) is 6.92 Å². The second-order valence-electron chi connectivity index (χ2n) is 1.58. The Kier molecular flexibility index (Phi) is 2.30. The Morgan fingerprint density at radius 3 is 2.00 bits per heavy atom. The summed E-state index contributed by atoms with van der Waals surface area (Å²) >= 11 is 0. The van der Waals surface area contributed by atoms with Crippen LogP contribution in [0.2, 0.25) is 0 Å². The minimum atomic E-state index is -4.57. The van der Waals surface area contributed by atoms with Crippen molar-refractivity contribution in [2.75, 3.05) is 0 Å². The maximum atomic E-state index is 10.2. The van der Waals surface area contributed by atoms with Crippen LogP contribution in [0.4, 0.5) is 0 Å². The number of carbonyl (C=O) groups excluding carboxylic acids is 1. The normalized spacial score (nSPS) is 15.0. The van der Waals surface area contributed by atoms with Crippen molar-refractivity contribution in [2.45, 2.75) is 13.0 Å². The van der Waals surface area contributed by atoms with E-state index in [1.807, 2.05) is 0 Å². The van der Waals surface area contributed by atoms with Gasteiger partial charge in [0, 0.05) is 0 Å². The fourth-order valence-corrected chi connectivity index (χ4v) is 0.705. The van der Waals surface area contributed by atoms with Gasteiger partial charge in [0.05, 0.1) is 6.04 Å². The van der Waals surface area contributed by atoms with Gasteiger partial charge < -0.3 is 5.73 Å². The van der Waals surface area contributed by atoms with Gasteiger partial charge in [0.25, 0.3) is 5.12 Å². The van der Waals surface area contributed by atoms with E-state index in [0.29, 0.717) is 0 Å². The molecule has 0 radical (unpaired) electrons. The highest BCUT2D eigenvalue weighted by atomic mass is 32.2. The molecule has 0 aliphatic rings. The van der Waals surface area contributed by atoms with Gasteiger partial charge in [-0.1, -0.05) is 0 Å². The average Bonchev–Trinajstić information content (AvgIpc) is 1.62. The van der Waals surface area contributed by atoms with Gasteiger partial charge in [-0.25, -0.2) is 0 Å². The van der Waals surface area contributed by atoms with Crippen molar-refractivity contribution in [3.8, 4) is 0 Å². The lowest BCUT2D eigenvalue weighted by molar-refractivity contribution is -0.113. The first kappa shape index (κ1) is 8.54. The molecule has 0 rings (SSSR count). The minimum absolute atomic E-state index is 1.17. The van der Waals surface area contributed by atoms with Gasteiger partial charge in [0.1, 0.15) is 0 Å². The molecular formula is C3H7NO4S. The third kappa shape index (κ3) is 2.54. The molecule has 3 N–H and O–H groups in total. The third-order valence-electron chi connectivity index (χ3n) is 0.626. The first-order valence-corrected chi connectivity index (χ1v) is 3.56. The smallest absolute Gasteiger partial charge is 0.321 e. The summed E-state index contributed by atoms with van der Waals surface area (Å²) in [6.45, 7) is 1.18. The van der Waals surface area contributed by atoms with Crippen LogP contribution in [0.3, 0.4) is 0 Å². The standard InChI is InChI=1S/C3H7NO4S/c1-2(4)3(5)9(6,7)8/h2H,4H2,1H3,(H,6,7,8)/t2-/m0/s1. The zero-order valence-electron chi connectivity index (χ0n) is 4.73. The molecule has 6 heteroatoms. The summed E-state index contributed by atoms with van der Waals surface area (Å²) in [6, 6.07) is -1.17. The number of carbonyl (C=O) groups is 1. The van der Waals surface area contributed by atoms with Gasteiger partial charge in [-0.3, -0.25) is 9.35 Å². The van der Waals surface area contributed by atoms with Crippen LogP contribution in [0.1, 0.15) is 6.92 Å². The predicted octanol–water partition coefficient (Wildman–Crippen LogP) is -1.25. The Labute approximate surface area is 52.6 Å². The topological polar surface area (TPSA) is 97.5 Å². The van der Waals surface area contributed by atoms with Crippen LogP contribution in [0.5, 0.6) is 0 Å². The molecule has 0 heterocycles. The fourth-order valence-electron chi connectivity index (χ4n) is 0.235. The molecule has 0 amide bonds. The van der Waals surface area contributed by atoms with Gasteiger partial charge in [-0.2, -0.15) is 8.42 Å². The molecule has 0 fully saturated rings. The number of rotatable bonds is 1. The van der Waals surface area contributed by atoms with Crippen molar-refractivity contribution in [1.29, 1.82) is 0 Å². The Morgan fingerprint density at radius 2 is 2.00 bits per heavy atom. The molecule has 0 saturated carbocycles. The molecule has 0 spiro atoms. The van der Waals surface area contributed by atoms with E-state index >= 15 is 0 Å². The van der Waals surface area contributed by atoms with Gasteiger partial charge in [0.2, 0.25) is 0 Å². The van der Waals surface area contributed by atoms with Gasteiger partial charge in [-0.05, 0) is 6.92 Å². The molecule has 0 aromatic carbocycles. The summed E-state index contributed by atoms with van der Waals surface area (Å²) in [7, 11) is -4.57. The van der Waals surface area contributed by atoms with E-state index in [4.69, 9.17) is 10.3 Å². The van der Waals surface area contributed by atoms with Crippen LogP contribution < -0.4 is 5.73 Å². The molecule has 0 aliphatic heterocycles. The van der Waals surface area contributed by atoms with Crippen molar-refractivity contribution in [2.24, 2.45) is 5.73 Å². The number of nitrogens with two attached hydrogens (primary N) is 1. The molecular weight excluding hydrogens is 146 g/mol. The molecule has 0 aromatic rings. The van der Waals surface area contributed by atoms with Gasteiger partial charge >= 0.3 is 10.1 Å². The van der Waals surface area contributed by atoms with Gasteiger partial charge in [0.15, 0.2) is 0 Å². The largest absolute Gasteiger partial charge is 0.330 e. The lowest BCUT2D eigenvalue weighted by atomic mass is 10.4.